The van der Waals surface area contributed by atoms with Gasteiger partial charge in [-0.25, -0.2) is 13.4 Å². The summed E-state index contributed by atoms with van der Waals surface area (Å²) in [6.45, 7) is 3.42. The molecule has 2 rings (SSSR count). The molecule has 0 amide bonds. The molecule has 0 bridgehead atoms. The molecule has 1 heterocycles. The Labute approximate surface area is 129 Å². The summed E-state index contributed by atoms with van der Waals surface area (Å²) in [5.74, 6) is 0.145. The smallest absolute Gasteiger partial charge is 0.216 e. The molecule has 0 aliphatic heterocycles. The van der Waals surface area contributed by atoms with Crippen LogP contribution in [0.3, 0.4) is 0 Å². The predicted octanol–water partition coefficient (Wildman–Crippen LogP) is 2.42. The zero-order valence-corrected chi connectivity index (χ0v) is 13.5. The van der Waals surface area contributed by atoms with Crippen molar-refractivity contribution in [1.29, 1.82) is 0 Å². The number of hydrogen-bond acceptors (Lipinski definition) is 5. The summed E-state index contributed by atoms with van der Waals surface area (Å²) >= 11 is 0. The van der Waals surface area contributed by atoms with Gasteiger partial charge in [-0.2, -0.15) is 0 Å². The molecule has 0 N–H and O–H groups in total. The number of ether oxygens (including phenoxy) is 1. The monoisotopic (exact) mass is 319 g/mol. The van der Waals surface area contributed by atoms with Gasteiger partial charge in [0.1, 0.15) is 5.69 Å². The first-order valence-corrected chi connectivity index (χ1v) is 8.43. The van der Waals surface area contributed by atoms with E-state index in [0.29, 0.717) is 11.4 Å². The first kappa shape index (κ1) is 16.2. The number of carbonyl (C=O) groups is 1. The van der Waals surface area contributed by atoms with E-state index >= 15 is 0 Å². The van der Waals surface area contributed by atoms with Gasteiger partial charge in [-0.15, -0.1) is 0 Å². The van der Waals surface area contributed by atoms with E-state index in [4.69, 9.17) is 4.74 Å². The van der Waals surface area contributed by atoms with Gasteiger partial charge in [0.2, 0.25) is 11.7 Å². The van der Waals surface area contributed by atoms with Crippen molar-refractivity contribution in [2.24, 2.45) is 0 Å². The summed E-state index contributed by atoms with van der Waals surface area (Å²) in [6.07, 6.45) is 0. The van der Waals surface area contributed by atoms with Crippen LogP contribution in [0, 0.1) is 6.92 Å². The number of nitrogens with zero attached hydrogens (tertiary/aromatic N) is 1. The van der Waals surface area contributed by atoms with Crippen LogP contribution in [0.2, 0.25) is 0 Å². The molecule has 0 atom stereocenters. The number of hydrogen-bond donors (Lipinski definition) is 0. The Morgan fingerprint density at radius 2 is 1.77 bits per heavy atom. The highest BCUT2D eigenvalue weighted by molar-refractivity contribution is 7.91. The molecule has 0 radical (unpaired) electrons. The second-order valence-corrected chi connectivity index (χ2v) is 7.06. The summed E-state index contributed by atoms with van der Waals surface area (Å²) in [4.78, 5) is 16.8. The molecule has 6 heteroatoms. The highest BCUT2D eigenvalue weighted by atomic mass is 32.2. The van der Waals surface area contributed by atoms with Gasteiger partial charge in [-0.05, 0) is 37.3 Å². The van der Waals surface area contributed by atoms with Crippen LogP contribution < -0.4 is 4.74 Å². The lowest BCUT2D eigenvalue weighted by atomic mass is 10.1. The molecule has 2 aromatic rings. The van der Waals surface area contributed by atoms with Crippen molar-refractivity contribution < 1.29 is 17.9 Å². The van der Waals surface area contributed by atoms with Gasteiger partial charge in [0.25, 0.3) is 0 Å². The van der Waals surface area contributed by atoms with Crippen molar-refractivity contribution >= 4 is 15.6 Å². The molecule has 0 aliphatic carbocycles. The maximum Gasteiger partial charge on any atom is 0.216 e. The Bertz CT molecular complexity index is 795. The van der Waals surface area contributed by atoms with Gasteiger partial charge in [-0.1, -0.05) is 13.0 Å². The maximum atomic E-state index is 12.4. The molecule has 116 valence electrons. The van der Waals surface area contributed by atoms with E-state index in [0.717, 1.165) is 5.56 Å². The third-order valence-corrected chi connectivity index (χ3v) is 5.08. The fraction of sp³-hybridized carbons (Fsp3) is 0.250. The lowest BCUT2D eigenvalue weighted by Crippen LogP contribution is -2.07. The van der Waals surface area contributed by atoms with E-state index in [1.54, 1.807) is 19.1 Å². The molecule has 0 saturated carbocycles. The fourth-order valence-electron chi connectivity index (χ4n) is 1.97. The minimum absolute atomic E-state index is 0.0248. The second kappa shape index (κ2) is 6.27. The topological polar surface area (TPSA) is 73.3 Å². The minimum atomic E-state index is -3.27. The molecule has 22 heavy (non-hydrogen) atoms. The summed E-state index contributed by atoms with van der Waals surface area (Å²) in [5.41, 5.74) is 1.48. The van der Waals surface area contributed by atoms with Gasteiger partial charge in [0.15, 0.2) is 9.84 Å². The van der Waals surface area contributed by atoms with E-state index in [9.17, 15) is 13.2 Å². The average Bonchev–Trinajstić information content (AvgIpc) is 2.54. The number of carbonyl (C=O) groups excluding carboxylic acids is 1. The van der Waals surface area contributed by atoms with Gasteiger partial charge < -0.3 is 4.74 Å². The Morgan fingerprint density at radius 3 is 2.32 bits per heavy atom. The Balaban J connectivity index is 2.34. The number of sulfone groups is 1. The molecule has 0 aliphatic rings. The quantitative estimate of drug-likeness (QED) is 0.791. The first-order valence-electron chi connectivity index (χ1n) is 6.78. The van der Waals surface area contributed by atoms with Crippen LogP contribution in [0.15, 0.2) is 41.3 Å². The van der Waals surface area contributed by atoms with Gasteiger partial charge in [-0.3, -0.25) is 4.79 Å². The molecule has 0 spiro atoms. The van der Waals surface area contributed by atoms with E-state index in [1.807, 2.05) is 6.92 Å². The molecular weight excluding hydrogens is 302 g/mol. The van der Waals surface area contributed by atoms with Crippen molar-refractivity contribution in [3.05, 3.63) is 53.2 Å². The van der Waals surface area contributed by atoms with Gasteiger partial charge in [0, 0.05) is 11.1 Å². The summed E-state index contributed by atoms with van der Waals surface area (Å²) in [7, 11) is -1.77. The Hall–Kier alpha value is -2.21. The van der Waals surface area contributed by atoms with Gasteiger partial charge >= 0.3 is 0 Å². The van der Waals surface area contributed by atoms with Crippen molar-refractivity contribution in [3.63, 3.8) is 0 Å². The fourth-order valence-corrected chi connectivity index (χ4v) is 2.86. The average molecular weight is 319 g/mol. The molecule has 1 aromatic carbocycles. The number of pyridine rings is 1. The molecule has 0 fully saturated rings. The normalized spacial score (nSPS) is 11.2. The number of benzene rings is 1. The van der Waals surface area contributed by atoms with E-state index in [-0.39, 0.29) is 22.1 Å². The number of aromatic nitrogens is 1. The number of rotatable bonds is 5. The minimum Gasteiger partial charge on any atom is -0.481 e. The van der Waals surface area contributed by atoms with E-state index < -0.39 is 9.84 Å². The molecule has 1 aromatic heterocycles. The van der Waals surface area contributed by atoms with Crippen molar-refractivity contribution in [2.75, 3.05) is 12.9 Å². The highest BCUT2D eigenvalue weighted by Gasteiger charge is 2.15. The maximum absolute atomic E-state index is 12.4. The van der Waals surface area contributed by atoms with Crippen molar-refractivity contribution in [1.82, 2.24) is 4.98 Å². The van der Waals surface area contributed by atoms with Gasteiger partial charge in [0.05, 0.1) is 17.8 Å². The third-order valence-electron chi connectivity index (χ3n) is 3.33. The van der Waals surface area contributed by atoms with Crippen LogP contribution in [-0.4, -0.2) is 32.0 Å². The lowest BCUT2D eigenvalue weighted by molar-refractivity contribution is 0.103. The van der Waals surface area contributed by atoms with Crippen LogP contribution in [-0.2, 0) is 9.84 Å². The molecule has 5 nitrogen and oxygen atoms in total. The Kier molecular flexibility index (Phi) is 4.61. The van der Waals surface area contributed by atoms with Crippen LogP contribution in [0.25, 0.3) is 0 Å². The standard InChI is InChI=1S/C16H17NO4S/c1-4-22(19,20)13-8-6-12(7-9-13)15(18)14-10-5-11(2)16(17-14)21-3/h5-10H,4H2,1-3H3. The van der Waals surface area contributed by atoms with E-state index in [1.165, 1.54) is 31.4 Å². The first-order chi connectivity index (χ1) is 10.4. The van der Waals surface area contributed by atoms with E-state index in [2.05, 4.69) is 4.98 Å². The van der Waals surface area contributed by atoms with Crippen LogP contribution in [0.4, 0.5) is 0 Å². The van der Waals surface area contributed by atoms with Crippen molar-refractivity contribution in [3.8, 4) is 5.88 Å². The van der Waals surface area contributed by atoms with Crippen LogP contribution >= 0.6 is 0 Å². The predicted molar refractivity (Wildman–Crippen MR) is 83.1 cm³/mol. The SMILES string of the molecule is CCS(=O)(=O)c1ccc(C(=O)c2ccc(C)c(OC)n2)cc1. The zero-order valence-electron chi connectivity index (χ0n) is 12.7. The number of methoxy groups -OCH3 is 1. The second-order valence-electron chi connectivity index (χ2n) is 4.78. The van der Waals surface area contributed by atoms with Crippen LogP contribution in [0.1, 0.15) is 28.5 Å². The third kappa shape index (κ3) is 3.17. The largest absolute Gasteiger partial charge is 0.481 e. The number of aryl methyl sites for hydroxylation is 1. The van der Waals surface area contributed by atoms with Crippen molar-refractivity contribution in [2.45, 2.75) is 18.7 Å². The summed E-state index contributed by atoms with van der Waals surface area (Å²) in [5, 5.41) is 0. The highest BCUT2D eigenvalue weighted by Crippen LogP contribution is 2.18. The van der Waals surface area contributed by atoms with Crippen LogP contribution in [0.5, 0.6) is 5.88 Å². The molecule has 0 unspecified atom stereocenters. The molecular formula is C16H17NO4S. The molecule has 0 saturated heterocycles. The number of ketones is 1. The lowest BCUT2D eigenvalue weighted by Gasteiger charge is -2.07. The summed E-state index contributed by atoms with van der Waals surface area (Å²) < 4.78 is 28.6. The Morgan fingerprint density at radius 1 is 1.14 bits per heavy atom. The summed E-state index contributed by atoms with van der Waals surface area (Å²) in [6, 6.07) is 9.26. The zero-order chi connectivity index (χ0) is 16.3.